The molecule has 162 valence electrons. The van der Waals surface area contributed by atoms with Gasteiger partial charge >= 0.3 is 0 Å². The molecule has 0 saturated carbocycles. The lowest BCUT2D eigenvalue weighted by Crippen LogP contribution is -2.11. The van der Waals surface area contributed by atoms with Crippen molar-refractivity contribution in [2.45, 2.75) is 6.92 Å². The van der Waals surface area contributed by atoms with Gasteiger partial charge in [0.15, 0.2) is 11.5 Å². The quantitative estimate of drug-likeness (QED) is 0.270. The van der Waals surface area contributed by atoms with Crippen LogP contribution in [0.5, 0.6) is 11.5 Å². The summed E-state index contributed by atoms with van der Waals surface area (Å²) in [7, 11) is 5.97. The number of nitrogens with zero attached hydrogens (tertiary/aromatic N) is 3. The number of aromatic nitrogens is 2. The molecule has 0 amide bonds. The van der Waals surface area contributed by atoms with Gasteiger partial charge in [0.25, 0.3) is 0 Å². The maximum atomic E-state index is 6.03. The lowest BCUT2D eigenvalue weighted by atomic mass is 10.1. The Hall–Kier alpha value is -2.91. The van der Waals surface area contributed by atoms with Crippen molar-refractivity contribution in [3.05, 3.63) is 47.8 Å². The van der Waals surface area contributed by atoms with Gasteiger partial charge in [0.2, 0.25) is 0 Å². The molecule has 31 heavy (non-hydrogen) atoms. The number of benzene rings is 2. The summed E-state index contributed by atoms with van der Waals surface area (Å²) in [5.41, 5.74) is 3.30. The third kappa shape index (κ3) is 5.23. The van der Waals surface area contributed by atoms with Crippen LogP contribution in [0.25, 0.3) is 10.9 Å². The summed E-state index contributed by atoms with van der Waals surface area (Å²) >= 11 is 0. The summed E-state index contributed by atoms with van der Waals surface area (Å²) in [6, 6.07) is 9.56. The molecule has 0 bridgehead atoms. The Kier molecular flexibility index (Phi) is 8.02. The van der Waals surface area contributed by atoms with E-state index in [4.69, 9.17) is 25.4 Å². The molecule has 0 N–H and O–H groups in total. The molecule has 7 nitrogen and oxygen atoms in total. The molecule has 0 aliphatic rings. The molecule has 2 aromatic carbocycles. The Bertz CT molecular complexity index is 1080. The fraction of sp³-hybridized carbons (Fsp3) is 0.304. The maximum absolute atomic E-state index is 6.03. The smallest absolute Gasteiger partial charge is 0.165 e. The molecule has 0 spiro atoms. The fourth-order valence-corrected chi connectivity index (χ4v) is 3.50. The minimum absolute atomic E-state index is 0.390. The van der Waals surface area contributed by atoms with Gasteiger partial charge in [0.05, 0.1) is 24.1 Å². The molecule has 3 aromatic rings. The number of aryl methyl sites for hydroxylation is 1. The van der Waals surface area contributed by atoms with Crippen molar-refractivity contribution in [2.75, 3.05) is 45.3 Å². The van der Waals surface area contributed by atoms with E-state index in [-0.39, 0.29) is 0 Å². The number of hydrogen-bond acceptors (Lipinski definition) is 7. The van der Waals surface area contributed by atoms with Crippen molar-refractivity contribution in [3.8, 4) is 23.8 Å². The van der Waals surface area contributed by atoms with Gasteiger partial charge in [-0.15, -0.1) is 6.42 Å². The first-order chi connectivity index (χ1) is 15.1. The Morgan fingerprint density at radius 2 is 1.77 bits per heavy atom. The molecule has 0 aliphatic heterocycles. The minimum Gasteiger partial charge on any atom is -0.487 e. The lowest BCUT2D eigenvalue weighted by molar-refractivity contribution is 0.132. The number of hydrogen-bond donors (Lipinski definition) is 0. The van der Waals surface area contributed by atoms with E-state index in [2.05, 4.69) is 25.3 Å². The van der Waals surface area contributed by atoms with E-state index in [1.165, 1.54) is 6.33 Å². The highest BCUT2D eigenvalue weighted by Crippen LogP contribution is 2.42. The van der Waals surface area contributed by atoms with Crippen molar-refractivity contribution < 1.29 is 18.9 Å². The summed E-state index contributed by atoms with van der Waals surface area (Å²) in [5.74, 6) is 4.61. The zero-order valence-corrected chi connectivity index (χ0v) is 19.1. The fourth-order valence-electron chi connectivity index (χ4n) is 3.15. The average Bonchev–Trinajstić information content (AvgIpc) is 2.80. The Balaban J connectivity index is 2.10. The second kappa shape index (κ2) is 10.9. The van der Waals surface area contributed by atoms with Gasteiger partial charge in [-0.3, -0.25) is 0 Å². The van der Waals surface area contributed by atoms with Crippen LogP contribution in [0.1, 0.15) is 11.1 Å². The van der Waals surface area contributed by atoms with Gasteiger partial charge in [-0.1, -0.05) is 12.0 Å². The van der Waals surface area contributed by atoms with Gasteiger partial charge in [0.1, 0.15) is 25.4 Å². The van der Waals surface area contributed by atoms with Crippen LogP contribution < -0.4 is 14.1 Å². The van der Waals surface area contributed by atoms with Crippen LogP contribution in [0.3, 0.4) is 0 Å². The monoisotopic (exact) mass is 439 g/mol. The van der Waals surface area contributed by atoms with Crippen LogP contribution in [-0.2, 0) is 9.47 Å². The van der Waals surface area contributed by atoms with Crippen LogP contribution in [0.2, 0.25) is 0 Å². The second-order valence-electron chi connectivity index (χ2n) is 6.67. The van der Waals surface area contributed by atoms with Crippen molar-refractivity contribution in [3.63, 3.8) is 0 Å². The number of rotatable bonds is 10. The number of fused-ring (bicyclic) bond motifs is 1. The normalized spacial score (nSPS) is 10.7. The highest BCUT2D eigenvalue weighted by molar-refractivity contribution is 7.20. The van der Waals surface area contributed by atoms with E-state index in [0.29, 0.717) is 43.7 Å². The van der Waals surface area contributed by atoms with Crippen molar-refractivity contribution in [1.82, 2.24) is 9.97 Å². The first-order valence-electron chi connectivity index (χ1n) is 9.74. The zero-order valence-electron chi connectivity index (χ0n) is 17.9. The van der Waals surface area contributed by atoms with E-state index in [9.17, 15) is 0 Å². The molecule has 1 atom stereocenters. The number of terminal acetylenes is 1. The second-order valence-corrected chi connectivity index (χ2v) is 7.18. The summed E-state index contributed by atoms with van der Waals surface area (Å²) in [6.45, 7) is 3.68. The number of anilines is 2. The SMILES string of the molecule is C#Cc1cccc(N(P)c2ncnc3cc(OCCOC)c(OCCOC)c(C)c23)c1. The standard InChI is InChI=1S/C23H26N3O4P/c1-5-17-7-6-8-18(13-17)26(31)23-21-16(2)22(30-12-10-28-4)20(29-11-9-27-3)14-19(21)24-15-25-23/h1,6-8,13-15H,9-12,31H2,2-4H3. The van der Waals surface area contributed by atoms with E-state index < -0.39 is 0 Å². The van der Waals surface area contributed by atoms with E-state index in [0.717, 1.165) is 27.7 Å². The molecule has 8 heteroatoms. The van der Waals surface area contributed by atoms with Crippen LogP contribution in [0.4, 0.5) is 11.5 Å². The summed E-state index contributed by atoms with van der Waals surface area (Å²) in [6.07, 6.45) is 7.10. The number of ether oxygens (including phenoxy) is 4. The van der Waals surface area contributed by atoms with E-state index >= 15 is 0 Å². The molecule has 0 radical (unpaired) electrons. The summed E-state index contributed by atoms with van der Waals surface area (Å²) in [5, 5.41) is 0.857. The predicted octanol–water partition coefficient (Wildman–Crippen LogP) is 3.90. The Morgan fingerprint density at radius 1 is 1.03 bits per heavy atom. The largest absolute Gasteiger partial charge is 0.487 e. The highest BCUT2D eigenvalue weighted by Gasteiger charge is 2.20. The van der Waals surface area contributed by atoms with Gasteiger partial charge < -0.3 is 23.6 Å². The average molecular weight is 439 g/mol. The van der Waals surface area contributed by atoms with Gasteiger partial charge in [-0.05, 0) is 34.5 Å². The summed E-state index contributed by atoms with van der Waals surface area (Å²) < 4.78 is 24.1. The highest BCUT2D eigenvalue weighted by atomic mass is 31.0. The molecule has 0 aliphatic carbocycles. The third-order valence-corrected chi connectivity index (χ3v) is 5.20. The molecule has 1 heterocycles. The van der Waals surface area contributed by atoms with Crippen molar-refractivity contribution >= 4 is 31.8 Å². The molecular weight excluding hydrogens is 413 g/mol. The lowest BCUT2D eigenvalue weighted by Gasteiger charge is -2.22. The molecule has 0 saturated heterocycles. The van der Waals surface area contributed by atoms with Gasteiger partial charge in [-0.2, -0.15) is 0 Å². The van der Waals surface area contributed by atoms with Crippen LogP contribution in [0.15, 0.2) is 36.7 Å². The first-order valence-corrected chi connectivity index (χ1v) is 10.3. The van der Waals surface area contributed by atoms with E-state index in [1.807, 2.05) is 41.9 Å². The topological polar surface area (TPSA) is 65.9 Å². The maximum Gasteiger partial charge on any atom is 0.165 e. The Morgan fingerprint density at radius 3 is 2.48 bits per heavy atom. The van der Waals surface area contributed by atoms with Crippen molar-refractivity contribution in [2.24, 2.45) is 0 Å². The zero-order chi connectivity index (χ0) is 22.2. The number of methoxy groups -OCH3 is 2. The minimum atomic E-state index is 0.390. The van der Waals surface area contributed by atoms with Crippen LogP contribution in [0, 0.1) is 19.3 Å². The molecule has 3 rings (SSSR count). The molecule has 1 unspecified atom stereocenters. The molecule has 0 fully saturated rings. The molecular formula is C23H26N3O4P. The first kappa shape index (κ1) is 22.8. The Labute approximate surface area is 184 Å². The predicted molar refractivity (Wildman–Crippen MR) is 125 cm³/mol. The van der Waals surface area contributed by atoms with Gasteiger partial charge in [0, 0.05) is 37.1 Å². The van der Waals surface area contributed by atoms with Crippen molar-refractivity contribution in [1.29, 1.82) is 0 Å². The van der Waals surface area contributed by atoms with E-state index in [1.54, 1.807) is 14.2 Å². The van der Waals surface area contributed by atoms with Crippen LogP contribution in [-0.4, -0.2) is 50.6 Å². The third-order valence-electron chi connectivity index (χ3n) is 4.66. The van der Waals surface area contributed by atoms with Gasteiger partial charge in [-0.25, -0.2) is 9.97 Å². The van der Waals surface area contributed by atoms with Crippen LogP contribution >= 0.6 is 9.39 Å². The summed E-state index contributed by atoms with van der Waals surface area (Å²) in [4.78, 5) is 9.01. The molecule has 1 aromatic heterocycles.